The Morgan fingerprint density at radius 3 is 3.05 bits per heavy atom. The van der Waals surface area contributed by atoms with E-state index < -0.39 is 0 Å². The fraction of sp³-hybridized carbons (Fsp3) is 0.615. The molecule has 0 saturated heterocycles. The quantitative estimate of drug-likeness (QED) is 0.629. The number of pyridine rings is 1. The first-order valence-electron chi connectivity index (χ1n) is 6.61. The van der Waals surface area contributed by atoms with E-state index in [1.807, 2.05) is 0 Å². The summed E-state index contributed by atoms with van der Waals surface area (Å²) in [5, 5.41) is 23.4. The van der Waals surface area contributed by atoms with Crippen molar-refractivity contribution >= 4 is 11.5 Å². The maximum atomic E-state index is 11.1. The first kappa shape index (κ1) is 13.7. The molecular weight excluding hydrogens is 246 g/mol. The van der Waals surface area contributed by atoms with Crippen LogP contribution in [0.3, 0.4) is 0 Å². The molecule has 104 valence electrons. The number of hydrogen-bond acceptors (Lipinski definition) is 5. The number of rotatable bonds is 5. The highest BCUT2D eigenvalue weighted by molar-refractivity contribution is 5.60. The van der Waals surface area contributed by atoms with Crippen molar-refractivity contribution < 1.29 is 10.0 Å². The van der Waals surface area contributed by atoms with E-state index in [0.29, 0.717) is 17.3 Å². The van der Waals surface area contributed by atoms with Gasteiger partial charge in [-0.25, -0.2) is 4.98 Å². The Labute approximate surface area is 112 Å². The second-order valence-electron chi connectivity index (χ2n) is 5.04. The molecule has 0 radical (unpaired) electrons. The molecule has 2 unspecified atom stereocenters. The number of aliphatic hydroxyl groups excluding tert-OH is 1. The predicted octanol–water partition coefficient (Wildman–Crippen LogP) is 2.26. The second-order valence-corrected chi connectivity index (χ2v) is 5.04. The van der Waals surface area contributed by atoms with E-state index in [-0.39, 0.29) is 23.3 Å². The van der Waals surface area contributed by atoms with Crippen molar-refractivity contribution in [3.8, 4) is 0 Å². The van der Waals surface area contributed by atoms with Gasteiger partial charge >= 0.3 is 5.69 Å². The van der Waals surface area contributed by atoms with Crippen molar-refractivity contribution in [2.75, 3.05) is 11.9 Å². The maximum Gasteiger partial charge on any atom is 0.314 e. The smallest absolute Gasteiger partial charge is 0.314 e. The number of nitrogens with one attached hydrogen (secondary N) is 1. The van der Waals surface area contributed by atoms with Gasteiger partial charge in [0.15, 0.2) is 0 Å². The Kier molecular flexibility index (Phi) is 4.31. The third-order valence-corrected chi connectivity index (χ3v) is 3.79. The van der Waals surface area contributed by atoms with E-state index in [4.69, 9.17) is 5.11 Å². The molecule has 0 spiro atoms. The molecule has 2 rings (SSSR count). The van der Waals surface area contributed by atoms with Crippen molar-refractivity contribution in [3.63, 3.8) is 0 Å². The van der Waals surface area contributed by atoms with Crippen molar-refractivity contribution in [1.82, 2.24) is 4.98 Å². The molecule has 1 aliphatic carbocycles. The Bertz CT molecular complexity index is 464. The van der Waals surface area contributed by atoms with Crippen LogP contribution in [0.1, 0.15) is 31.2 Å². The molecule has 1 heterocycles. The molecule has 2 N–H and O–H groups in total. The van der Waals surface area contributed by atoms with E-state index >= 15 is 0 Å². The number of anilines is 1. The lowest BCUT2D eigenvalue weighted by molar-refractivity contribution is -0.384. The topological polar surface area (TPSA) is 88.3 Å². The van der Waals surface area contributed by atoms with Crippen molar-refractivity contribution in [2.24, 2.45) is 5.92 Å². The molecule has 0 amide bonds. The Morgan fingerprint density at radius 1 is 1.58 bits per heavy atom. The molecule has 0 aliphatic heterocycles. The number of hydrogen-bond donors (Lipinski definition) is 2. The summed E-state index contributed by atoms with van der Waals surface area (Å²) < 4.78 is 0. The third kappa shape index (κ3) is 3.01. The first-order chi connectivity index (χ1) is 9.13. The van der Waals surface area contributed by atoms with Gasteiger partial charge in [-0.05, 0) is 38.2 Å². The van der Waals surface area contributed by atoms with E-state index in [0.717, 1.165) is 25.7 Å². The van der Waals surface area contributed by atoms with Gasteiger partial charge in [0.2, 0.25) is 5.82 Å². The van der Waals surface area contributed by atoms with Crippen LogP contribution in [0, 0.1) is 23.0 Å². The molecule has 1 aromatic rings. The zero-order valence-electron chi connectivity index (χ0n) is 11.0. The van der Waals surface area contributed by atoms with E-state index in [2.05, 4.69) is 10.3 Å². The average Bonchev–Trinajstić information content (AvgIpc) is 2.77. The zero-order chi connectivity index (χ0) is 13.8. The minimum atomic E-state index is -0.388. The summed E-state index contributed by atoms with van der Waals surface area (Å²) in [5.41, 5.74) is 0.663. The molecule has 0 aromatic carbocycles. The largest absolute Gasteiger partial charge is 0.396 e. The lowest BCUT2D eigenvalue weighted by Gasteiger charge is -2.20. The van der Waals surface area contributed by atoms with E-state index in [1.165, 1.54) is 0 Å². The fourth-order valence-electron chi connectivity index (χ4n) is 2.80. The van der Waals surface area contributed by atoms with Crippen LogP contribution in [0.25, 0.3) is 0 Å². The van der Waals surface area contributed by atoms with Gasteiger partial charge in [-0.15, -0.1) is 0 Å². The monoisotopic (exact) mass is 265 g/mol. The standard InChI is InChI=1S/C13H19N3O3/c1-9-5-7-14-13(12(9)16(18)19)15-11-4-2-3-10(11)6-8-17/h5,7,10-11,17H,2-4,6,8H2,1H3,(H,14,15). The highest BCUT2D eigenvalue weighted by Gasteiger charge is 2.29. The van der Waals surface area contributed by atoms with Gasteiger partial charge in [-0.3, -0.25) is 10.1 Å². The zero-order valence-corrected chi connectivity index (χ0v) is 11.0. The van der Waals surface area contributed by atoms with Crippen LogP contribution in [-0.2, 0) is 0 Å². The first-order valence-corrected chi connectivity index (χ1v) is 6.61. The highest BCUT2D eigenvalue weighted by atomic mass is 16.6. The van der Waals surface area contributed by atoms with Crippen molar-refractivity contribution in [3.05, 3.63) is 27.9 Å². The SMILES string of the molecule is Cc1ccnc(NC2CCCC2CCO)c1[N+](=O)[O-]. The normalized spacial score (nSPS) is 22.4. The van der Waals surface area contributed by atoms with E-state index in [1.54, 1.807) is 19.2 Å². The molecule has 2 atom stereocenters. The molecule has 1 aliphatic rings. The minimum Gasteiger partial charge on any atom is -0.396 e. The number of aromatic nitrogens is 1. The summed E-state index contributed by atoms with van der Waals surface area (Å²) in [5.74, 6) is 0.715. The van der Waals surface area contributed by atoms with Gasteiger partial charge in [-0.2, -0.15) is 0 Å². The van der Waals surface area contributed by atoms with Crippen molar-refractivity contribution in [1.29, 1.82) is 0 Å². The number of nitrogens with zero attached hydrogens (tertiary/aromatic N) is 2. The van der Waals surface area contributed by atoms with Gasteiger partial charge in [0.05, 0.1) is 4.92 Å². The summed E-state index contributed by atoms with van der Waals surface area (Å²) >= 11 is 0. The van der Waals surface area contributed by atoms with Gasteiger partial charge < -0.3 is 10.4 Å². The van der Waals surface area contributed by atoms with Crippen LogP contribution in [0.2, 0.25) is 0 Å². The van der Waals surface area contributed by atoms with Gasteiger partial charge in [-0.1, -0.05) is 6.42 Å². The molecule has 1 saturated carbocycles. The maximum absolute atomic E-state index is 11.1. The molecule has 19 heavy (non-hydrogen) atoms. The van der Waals surface area contributed by atoms with Crippen LogP contribution < -0.4 is 5.32 Å². The number of aryl methyl sites for hydroxylation is 1. The third-order valence-electron chi connectivity index (χ3n) is 3.79. The summed E-state index contributed by atoms with van der Waals surface area (Å²) in [4.78, 5) is 14.8. The molecule has 1 fully saturated rings. The predicted molar refractivity (Wildman–Crippen MR) is 72.1 cm³/mol. The lowest BCUT2D eigenvalue weighted by Crippen LogP contribution is -2.25. The van der Waals surface area contributed by atoms with Crippen molar-refractivity contribution in [2.45, 2.75) is 38.6 Å². The van der Waals surface area contributed by atoms with Crippen LogP contribution in [-0.4, -0.2) is 27.7 Å². The summed E-state index contributed by atoms with van der Waals surface area (Å²) in [6.07, 6.45) is 5.43. The molecule has 6 nitrogen and oxygen atoms in total. The second kappa shape index (κ2) is 5.97. The number of aliphatic hydroxyl groups is 1. The Balaban J connectivity index is 2.19. The average molecular weight is 265 g/mol. The van der Waals surface area contributed by atoms with Gasteiger partial charge in [0.1, 0.15) is 0 Å². The fourth-order valence-corrected chi connectivity index (χ4v) is 2.80. The molecule has 1 aromatic heterocycles. The summed E-state index contributed by atoms with van der Waals surface area (Å²) in [7, 11) is 0. The summed E-state index contributed by atoms with van der Waals surface area (Å²) in [6.45, 7) is 1.87. The lowest BCUT2D eigenvalue weighted by atomic mass is 10.00. The Morgan fingerprint density at radius 2 is 2.37 bits per heavy atom. The number of nitro groups is 1. The molecule has 0 bridgehead atoms. The van der Waals surface area contributed by atoms with Gasteiger partial charge in [0.25, 0.3) is 0 Å². The Hall–Kier alpha value is -1.69. The van der Waals surface area contributed by atoms with E-state index in [9.17, 15) is 10.1 Å². The van der Waals surface area contributed by atoms with Crippen LogP contribution >= 0.6 is 0 Å². The van der Waals surface area contributed by atoms with Crippen LogP contribution in [0.4, 0.5) is 11.5 Å². The van der Waals surface area contributed by atoms with Crippen LogP contribution in [0.5, 0.6) is 0 Å². The minimum absolute atomic E-state index is 0.0529. The summed E-state index contributed by atoms with van der Waals surface area (Å²) in [6, 6.07) is 1.81. The van der Waals surface area contributed by atoms with Gasteiger partial charge in [0, 0.05) is 24.4 Å². The highest BCUT2D eigenvalue weighted by Crippen LogP contribution is 2.33. The molecule has 6 heteroatoms. The molecular formula is C13H19N3O3. The van der Waals surface area contributed by atoms with Crippen LogP contribution in [0.15, 0.2) is 12.3 Å².